The highest BCUT2D eigenvalue weighted by Gasteiger charge is 2.66. The lowest BCUT2D eigenvalue weighted by molar-refractivity contribution is 0.171. The summed E-state index contributed by atoms with van der Waals surface area (Å²) in [6, 6.07) is 6.56. The van der Waals surface area contributed by atoms with Crippen LogP contribution in [0.5, 0.6) is 11.5 Å². The van der Waals surface area contributed by atoms with Gasteiger partial charge in [0.1, 0.15) is 13.2 Å². The first-order chi connectivity index (χ1) is 10.4. The van der Waals surface area contributed by atoms with E-state index >= 15 is 0 Å². The van der Waals surface area contributed by atoms with Gasteiger partial charge >= 0.3 is 0 Å². The molecular formula is C17H22N2O2. The van der Waals surface area contributed by atoms with Gasteiger partial charge in [-0.3, -0.25) is 11.3 Å². The molecule has 0 aromatic heterocycles. The van der Waals surface area contributed by atoms with E-state index < -0.39 is 0 Å². The molecule has 3 N–H and O–H groups in total. The van der Waals surface area contributed by atoms with Crippen LogP contribution in [-0.4, -0.2) is 13.2 Å². The molecule has 5 unspecified atom stereocenters. The van der Waals surface area contributed by atoms with E-state index in [-0.39, 0.29) is 6.04 Å². The number of ether oxygens (including phenoxy) is 2. The summed E-state index contributed by atoms with van der Waals surface area (Å²) in [6.45, 7) is 1.27. The molecule has 112 valence electrons. The summed E-state index contributed by atoms with van der Waals surface area (Å²) in [6.07, 6.45) is 4.37. The van der Waals surface area contributed by atoms with Crippen LogP contribution in [0, 0.1) is 29.6 Å². The highest BCUT2D eigenvalue weighted by atomic mass is 16.6. The first-order valence-electron chi connectivity index (χ1n) is 8.22. The Kier molecular flexibility index (Phi) is 2.56. The Balaban J connectivity index is 1.43. The van der Waals surface area contributed by atoms with Crippen LogP contribution >= 0.6 is 0 Å². The number of nitrogens with one attached hydrogen (secondary N) is 1. The second kappa shape index (κ2) is 4.37. The monoisotopic (exact) mass is 286 g/mol. The molecule has 0 spiro atoms. The van der Waals surface area contributed by atoms with Gasteiger partial charge in [0.15, 0.2) is 11.5 Å². The first-order valence-corrected chi connectivity index (χ1v) is 8.22. The van der Waals surface area contributed by atoms with E-state index in [0.717, 1.165) is 41.1 Å². The molecule has 0 radical (unpaired) electrons. The van der Waals surface area contributed by atoms with Crippen LogP contribution in [0.3, 0.4) is 0 Å². The van der Waals surface area contributed by atoms with E-state index in [9.17, 15) is 0 Å². The number of benzene rings is 1. The Morgan fingerprint density at radius 1 is 1.05 bits per heavy atom. The molecule has 3 fully saturated rings. The van der Waals surface area contributed by atoms with Gasteiger partial charge in [-0.15, -0.1) is 0 Å². The zero-order chi connectivity index (χ0) is 14.0. The van der Waals surface area contributed by atoms with Crippen molar-refractivity contribution in [3.05, 3.63) is 23.8 Å². The van der Waals surface area contributed by atoms with Crippen LogP contribution in [0.1, 0.15) is 30.9 Å². The summed E-state index contributed by atoms with van der Waals surface area (Å²) >= 11 is 0. The summed E-state index contributed by atoms with van der Waals surface area (Å²) < 4.78 is 11.3. The minimum Gasteiger partial charge on any atom is -0.486 e. The molecule has 4 nitrogen and oxygen atoms in total. The van der Waals surface area contributed by atoms with E-state index in [0.29, 0.717) is 13.2 Å². The zero-order valence-electron chi connectivity index (χ0n) is 12.1. The van der Waals surface area contributed by atoms with Gasteiger partial charge in [-0.25, -0.2) is 0 Å². The molecule has 1 aliphatic heterocycles. The second-order valence-corrected chi connectivity index (χ2v) is 7.11. The Morgan fingerprint density at radius 3 is 2.48 bits per heavy atom. The largest absolute Gasteiger partial charge is 0.486 e. The van der Waals surface area contributed by atoms with Crippen molar-refractivity contribution in [3.63, 3.8) is 0 Å². The quantitative estimate of drug-likeness (QED) is 0.661. The van der Waals surface area contributed by atoms with Crippen molar-refractivity contribution in [3.8, 4) is 11.5 Å². The van der Waals surface area contributed by atoms with E-state index in [4.69, 9.17) is 15.3 Å². The molecule has 1 aromatic rings. The summed E-state index contributed by atoms with van der Waals surface area (Å²) in [7, 11) is 0. The van der Waals surface area contributed by atoms with Crippen LogP contribution in [0.4, 0.5) is 0 Å². The van der Waals surface area contributed by atoms with E-state index in [2.05, 4.69) is 17.6 Å². The lowest BCUT2D eigenvalue weighted by Gasteiger charge is -2.23. The van der Waals surface area contributed by atoms with Crippen LogP contribution in [-0.2, 0) is 0 Å². The summed E-state index contributed by atoms with van der Waals surface area (Å²) in [4.78, 5) is 0. The van der Waals surface area contributed by atoms with Crippen molar-refractivity contribution in [1.82, 2.24) is 5.43 Å². The highest BCUT2D eigenvalue weighted by Crippen LogP contribution is 2.72. The third-order valence-electron chi connectivity index (χ3n) is 6.28. The van der Waals surface area contributed by atoms with E-state index in [1.165, 1.54) is 24.8 Å². The third kappa shape index (κ3) is 1.69. The van der Waals surface area contributed by atoms with Gasteiger partial charge in [-0.05, 0) is 66.5 Å². The third-order valence-corrected chi connectivity index (χ3v) is 6.28. The molecule has 1 aromatic carbocycles. The van der Waals surface area contributed by atoms with Crippen LogP contribution < -0.4 is 20.7 Å². The lowest BCUT2D eigenvalue weighted by atomic mass is 9.93. The fourth-order valence-electron chi connectivity index (χ4n) is 5.52. The lowest BCUT2D eigenvalue weighted by Crippen LogP contribution is -2.31. The molecule has 5 atom stereocenters. The maximum absolute atomic E-state index is 5.91. The summed E-state index contributed by atoms with van der Waals surface area (Å²) in [5.74, 6) is 12.1. The van der Waals surface area contributed by atoms with Crippen molar-refractivity contribution in [2.45, 2.75) is 25.3 Å². The highest BCUT2D eigenvalue weighted by molar-refractivity contribution is 5.45. The van der Waals surface area contributed by atoms with Crippen LogP contribution in [0.2, 0.25) is 0 Å². The number of hydrogen-bond acceptors (Lipinski definition) is 4. The average Bonchev–Trinajstić information content (AvgIpc) is 2.94. The smallest absolute Gasteiger partial charge is 0.161 e. The molecule has 0 saturated heterocycles. The Hall–Kier alpha value is -1.26. The molecular weight excluding hydrogens is 264 g/mol. The zero-order valence-corrected chi connectivity index (χ0v) is 12.1. The Labute approximate surface area is 125 Å². The Bertz CT molecular complexity index is 560. The number of rotatable bonds is 3. The van der Waals surface area contributed by atoms with Gasteiger partial charge in [0.05, 0.1) is 0 Å². The molecule has 3 aliphatic carbocycles. The van der Waals surface area contributed by atoms with Crippen LogP contribution in [0.15, 0.2) is 18.2 Å². The van der Waals surface area contributed by atoms with Crippen molar-refractivity contribution in [2.75, 3.05) is 13.2 Å². The second-order valence-electron chi connectivity index (χ2n) is 7.11. The molecule has 2 bridgehead atoms. The molecule has 21 heavy (non-hydrogen) atoms. The maximum atomic E-state index is 5.91. The fraction of sp³-hybridized carbons (Fsp3) is 0.647. The average molecular weight is 286 g/mol. The van der Waals surface area contributed by atoms with Gasteiger partial charge < -0.3 is 9.47 Å². The predicted molar refractivity (Wildman–Crippen MR) is 78.8 cm³/mol. The standard InChI is InChI=1S/C17H22N2O2/c18-19-17(16-14-9-1-2-10(7-9)15(14)16)11-3-4-12-13(8-11)21-6-5-20-12/h3-4,8-10,14-17,19H,1-2,5-7,18H2. The van der Waals surface area contributed by atoms with Crippen molar-refractivity contribution in [1.29, 1.82) is 0 Å². The predicted octanol–water partition coefficient (Wildman–Crippen LogP) is 2.25. The summed E-state index contributed by atoms with van der Waals surface area (Å²) in [5.41, 5.74) is 4.34. The van der Waals surface area contributed by atoms with Crippen LogP contribution in [0.25, 0.3) is 0 Å². The number of fused-ring (bicyclic) bond motifs is 6. The van der Waals surface area contributed by atoms with Crippen molar-refractivity contribution in [2.24, 2.45) is 35.4 Å². The normalized spacial score (nSPS) is 40.0. The van der Waals surface area contributed by atoms with E-state index in [1.54, 1.807) is 0 Å². The van der Waals surface area contributed by atoms with Gasteiger partial charge in [-0.1, -0.05) is 6.07 Å². The van der Waals surface area contributed by atoms with E-state index in [1.807, 2.05) is 6.07 Å². The number of nitrogens with two attached hydrogens (primary N) is 1. The molecule has 4 aliphatic rings. The van der Waals surface area contributed by atoms with Gasteiger partial charge in [0.25, 0.3) is 0 Å². The summed E-state index contributed by atoms with van der Waals surface area (Å²) in [5, 5.41) is 0. The van der Waals surface area contributed by atoms with Gasteiger partial charge in [0.2, 0.25) is 0 Å². The molecule has 4 heteroatoms. The van der Waals surface area contributed by atoms with Crippen molar-refractivity contribution < 1.29 is 9.47 Å². The minimum atomic E-state index is 0.263. The fourth-order valence-corrected chi connectivity index (χ4v) is 5.52. The molecule has 1 heterocycles. The van der Waals surface area contributed by atoms with Gasteiger partial charge in [0, 0.05) is 6.04 Å². The van der Waals surface area contributed by atoms with Gasteiger partial charge in [-0.2, -0.15) is 0 Å². The first kappa shape index (κ1) is 12.3. The topological polar surface area (TPSA) is 56.5 Å². The SMILES string of the molecule is NNC(c1ccc2c(c1)OCCO2)C1C2C3CCC(C3)C21. The molecule has 0 amide bonds. The minimum absolute atomic E-state index is 0.263. The molecule has 3 saturated carbocycles. The number of hydrogen-bond donors (Lipinski definition) is 2. The maximum Gasteiger partial charge on any atom is 0.161 e. The molecule has 5 rings (SSSR count). The Morgan fingerprint density at radius 2 is 1.76 bits per heavy atom. The number of hydrazine groups is 1. The van der Waals surface area contributed by atoms with Crippen molar-refractivity contribution >= 4 is 0 Å².